The van der Waals surface area contributed by atoms with Crippen LogP contribution in [0.15, 0.2) is 18.2 Å². The summed E-state index contributed by atoms with van der Waals surface area (Å²) in [4.78, 5) is 0. The second-order valence-electron chi connectivity index (χ2n) is 6.00. The Labute approximate surface area is 121 Å². The first-order valence-electron chi connectivity index (χ1n) is 6.43. The van der Waals surface area contributed by atoms with Gasteiger partial charge in [-0.15, -0.1) is 0 Å². The molecule has 3 heteroatoms. The predicted molar refractivity (Wildman–Crippen MR) is 81.7 cm³/mol. The van der Waals surface area contributed by atoms with E-state index in [-0.39, 0.29) is 0 Å². The third kappa shape index (κ3) is 5.17. The minimum absolute atomic E-state index is 0.368. The number of likely N-dealkylation sites (N-methyl/N-ethyl adjacent to an activating group) is 1. The van der Waals surface area contributed by atoms with Crippen LogP contribution in [0, 0.1) is 5.41 Å². The number of hydrogen-bond acceptors (Lipinski definition) is 1. The largest absolute Gasteiger partial charge is 0.317 e. The van der Waals surface area contributed by atoms with E-state index in [1.807, 2.05) is 19.2 Å². The van der Waals surface area contributed by atoms with Gasteiger partial charge in [-0.25, -0.2) is 0 Å². The van der Waals surface area contributed by atoms with E-state index in [1.165, 1.54) is 6.42 Å². The zero-order valence-electron chi connectivity index (χ0n) is 11.7. The number of rotatable bonds is 5. The highest BCUT2D eigenvalue weighted by Crippen LogP contribution is 2.28. The van der Waals surface area contributed by atoms with E-state index >= 15 is 0 Å². The molecule has 1 aromatic rings. The number of benzene rings is 1. The Hall–Kier alpha value is -0.240. The van der Waals surface area contributed by atoms with Crippen molar-refractivity contribution in [2.75, 3.05) is 7.05 Å². The van der Waals surface area contributed by atoms with Crippen molar-refractivity contribution in [2.24, 2.45) is 5.41 Å². The number of hydrogen-bond donors (Lipinski definition) is 1. The summed E-state index contributed by atoms with van der Waals surface area (Å²) in [5, 5.41) is 4.70. The van der Waals surface area contributed by atoms with E-state index in [9.17, 15) is 0 Å². The van der Waals surface area contributed by atoms with Gasteiger partial charge >= 0.3 is 0 Å². The Morgan fingerprint density at radius 3 is 2.44 bits per heavy atom. The molecule has 0 radical (unpaired) electrons. The molecule has 0 fully saturated rings. The zero-order chi connectivity index (χ0) is 13.8. The van der Waals surface area contributed by atoms with E-state index < -0.39 is 0 Å². The summed E-state index contributed by atoms with van der Waals surface area (Å²) in [7, 11) is 2.01. The molecule has 18 heavy (non-hydrogen) atoms. The monoisotopic (exact) mass is 287 g/mol. The van der Waals surface area contributed by atoms with Crippen LogP contribution in [0.5, 0.6) is 0 Å². The van der Waals surface area contributed by atoms with Crippen LogP contribution in [0.1, 0.15) is 39.2 Å². The lowest BCUT2D eigenvalue weighted by molar-refractivity contribution is 0.334. The first-order chi connectivity index (χ1) is 8.33. The molecule has 1 aromatic carbocycles. The van der Waals surface area contributed by atoms with Gasteiger partial charge in [-0.1, -0.05) is 56.1 Å². The average molecular weight is 288 g/mol. The van der Waals surface area contributed by atoms with Gasteiger partial charge in [0.15, 0.2) is 0 Å². The Morgan fingerprint density at radius 2 is 1.89 bits per heavy atom. The molecule has 0 aliphatic heterocycles. The topological polar surface area (TPSA) is 12.0 Å². The molecule has 0 aliphatic carbocycles. The maximum absolute atomic E-state index is 6.22. The maximum atomic E-state index is 6.22. The van der Waals surface area contributed by atoms with Crippen molar-refractivity contribution in [2.45, 2.75) is 46.1 Å². The van der Waals surface area contributed by atoms with Crippen molar-refractivity contribution in [3.8, 4) is 0 Å². The molecule has 0 aliphatic rings. The standard InChI is InChI=1S/C15H23Cl2N/c1-15(2,3)9-8-12(18-4)10-11-6-5-7-13(16)14(11)17/h5-7,12,18H,8-10H2,1-4H3. The SMILES string of the molecule is CNC(CCC(C)(C)C)Cc1cccc(Cl)c1Cl. The number of nitrogens with one attached hydrogen (secondary N) is 1. The third-order valence-electron chi connectivity index (χ3n) is 3.15. The molecule has 0 amide bonds. The van der Waals surface area contributed by atoms with Gasteiger partial charge in [0.2, 0.25) is 0 Å². The molecular formula is C15H23Cl2N. The molecule has 0 aromatic heterocycles. The maximum Gasteiger partial charge on any atom is 0.0624 e. The van der Waals surface area contributed by atoms with Gasteiger partial charge in [0.05, 0.1) is 10.0 Å². The van der Waals surface area contributed by atoms with Crippen molar-refractivity contribution in [3.63, 3.8) is 0 Å². The van der Waals surface area contributed by atoms with Crippen LogP contribution < -0.4 is 5.32 Å². The van der Waals surface area contributed by atoms with Crippen LogP contribution in [0.2, 0.25) is 10.0 Å². The van der Waals surface area contributed by atoms with Crippen molar-refractivity contribution < 1.29 is 0 Å². The smallest absolute Gasteiger partial charge is 0.0624 e. The van der Waals surface area contributed by atoms with Gasteiger partial charge in [-0.3, -0.25) is 0 Å². The van der Waals surface area contributed by atoms with Gasteiger partial charge in [-0.05, 0) is 43.4 Å². The van der Waals surface area contributed by atoms with Crippen LogP contribution in [0.25, 0.3) is 0 Å². The molecule has 0 bridgehead atoms. The summed E-state index contributed by atoms with van der Waals surface area (Å²) in [6, 6.07) is 6.28. The van der Waals surface area contributed by atoms with Crippen LogP contribution in [-0.2, 0) is 6.42 Å². The Kier molecular flexibility index (Phi) is 5.97. The van der Waals surface area contributed by atoms with Gasteiger partial charge < -0.3 is 5.32 Å². The first kappa shape index (κ1) is 15.8. The van der Waals surface area contributed by atoms with Crippen LogP contribution in [0.3, 0.4) is 0 Å². The minimum atomic E-state index is 0.368. The van der Waals surface area contributed by atoms with E-state index in [4.69, 9.17) is 23.2 Å². The van der Waals surface area contributed by atoms with Crippen LogP contribution >= 0.6 is 23.2 Å². The molecule has 1 unspecified atom stereocenters. The third-order valence-corrected chi connectivity index (χ3v) is 4.01. The normalized spacial score (nSPS) is 13.7. The summed E-state index contributed by atoms with van der Waals surface area (Å²) >= 11 is 12.3. The molecule has 1 N–H and O–H groups in total. The lowest BCUT2D eigenvalue weighted by Gasteiger charge is -2.23. The second kappa shape index (κ2) is 6.79. The fourth-order valence-corrected chi connectivity index (χ4v) is 2.32. The minimum Gasteiger partial charge on any atom is -0.317 e. The Bertz CT molecular complexity index is 383. The van der Waals surface area contributed by atoms with Crippen molar-refractivity contribution in [3.05, 3.63) is 33.8 Å². The Morgan fingerprint density at radius 1 is 1.22 bits per heavy atom. The molecule has 0 heterocycles. The molecule has 102 valence electrons. The van der Waals surface area contributed by atoms with Gasteiger partial charge in [0.1, 0.15) is 0 Å². The van der Waals surface area contributed by atoms with Gasteiger partial charge in [-0.2, -0.15) is 0 Å². The first-order valence-corrected chi connectivity index (χ1v) is 7.19. The highest BCUT2D eigenvalue weighted by atomic mass is 35.5. The van der Waals surface area contributed by atoms with E-state index in [1.54, 1.807) is 0 Å². The summed E-state index contributed by atoms with van der Waals surface area (Å²) < 4.78 is 0. The fraction of sp³-hybridized carbons (Fsp3) is 0.600. The second-order valence-corrected chi connectivity index (χ2v) is 6.79. The van der Waals surface area contributed by atoms with E-state index in [0.717, 1.165) is 18.4 Å². The molecule has 0 saturated carbocycles. The highest BCUT2D eigenvalue weighted by molar-refractivity contribution is 6.42. The molecule has 0 saturated heterocycles. The predicted octanol–water partition coefficient (Wildman–Crippen LogP) is 4.95. The van der Waals surface area contributed by atoms with Gasteiger partial charge in [0, 0.05) is 6.04 Å². The summed E-state index contributed by atoms with van der Waals surface area (Å²) in [5.74, 6) is 0. The highest BCUT2D eigenvalue weighted by Gasteiger charge is 2.16. The van der Waals surface area contributed by atoms with E-state index in [0.29, 0.717) is 21.5 Å². The Balaban J connectivity index is 2.65. The summed E-state index contributed by atoms with van der Waals surface area (Å²) in [6.45, 7) is 6.81. The lowest BCUT2D eigenvalue weighted by Crippen LogP contribution is -2.29. The number of halogens is 2. The molecule has 1 rings (SSSR count). The molecule has 1 atom stereocenters. The van der Waals surface area contributed by atoms with E-state index in [2.05, 4.69) is 32.2 Å². The van der Waals surface area contributed by atoms with Gasteiger partial charge in [0.25, 0.3) is 0 Å². The zero-order valence-corrected chi connectivity index (χ0v) is 13.2. The lowest BCUT2D eigenvalue weighted by atomic mass is 9.87. The van der Waals surface area contributed by atoms with Crippen molar-refractivity contribution in [1.82, 2.24) is 5.32 Å². The summed E-state index contributed by atoms with van der Waals surface area (Å²) in [5.41, 5.74) is 1.49. The molecule has 0 spiro atoms. The fourth-order valence-electron chi connectivity index (χ4n) is 1.93. The average Bonchev–Trinajstić information content (AvgIpc) is 2.28. The van der Waals surface area contributed by atoms with Crippen LogP contribution in [-0.4, -0.2) is 13.1 Å². The molecular weight excluding hydrogens is 265 g/mol. The van der Waals surface area contributed by atoms with Crippen LogP contribution in [0.4, 0.5) is 0 Å². The van der Waals surface area contributed by atoms with Crippen molar-refractivity contribution in [1.29, 1.82) is 0 Å². The quantitative estimate of drug-likeness (QED) is 0.808. The molecule has 1 nitrogen and oxygen atoms in total. The van der Waals surface area contributed by atoms with Crippen molar-refractivity contribution >= 4 is 23.2 Å². The summed E-state index contributed by atoms with van der Waals surface area (Å²) in [6.07, 6.45) is 3.26.